The van der Waals surface area contributed by atoms with E-state index in [-0.39, 0.29) is 17.4 Å². The highest BCUT2D eigenvalue weighted by Gasteiger charge is 2.39. The zero-order chi connectivity index (χ0) is 17.0. The molecular weight excluding hydrogens is 320 g/mol. The van der Waals surface area contributed by atoms with Crippen molar-refractivity contribution in [3.63, 3.8) is 0 Å². The Labute approximate surface area is 138 Å². The smallest absolute Gasteiger partial charge is 0.341 e. The van der Waals surface area contributed by atoms with Gasteiger partial charge in [0.15, 0.2) is 0 Å². The van der Waals surface area contributed by atoms with E-state index in [0.29, 0.717) is 17.7 Å². The Bertz CT molecular complexity index is 672. The summed E-state index contributed by atoms with van der Waals surface area (Å²) in [6.45, 7) is 5.39. The van der Waals surface area contributed by atoms with Gasteiger partial charge in [0.1, 0.15) is 18.3 Å². The molecule has 1 aromatic carbocycles. The number of nitrogens with one attached hydrogen (secondary N) is 1. The molecule has 0 bridgehead atoms. The van der Waals surface area contributed by atoms with Gasteiger partial charge in [0.2, 0.25) is 0 Å². The lowest BCUT2D eigenvalue weighted by Crippen LogP contribution is -2.45. The Kier molecular flexibility index (Phi) is 5.39. The number of hydrogen-bond donors (Lipinski definition) is 2. The summed E-state index contributed by atoms with van der Waals surface area (Å²) in [6.07, 6.45) is 1.90. The first-order valence-electron chi connectivity index (χ1n) is 7.11. The second-order valence-corrected chi connectivity index (χ2v) is 5.40. The first-order chi connectivity index (χ1) is 11.0. The molecule has 1 aliphatic rings. The molecule has 7 heteroatoms. The second-order valence-electron chi connectivity index (χ2n) is 4.99. The third kappa shape index (κ3) is 3.71. The fraction of sp³-hybridized carbons (Fsp3) is 0.312. The molecule has 122 valence electrons. The number of phenols is 1. The number of aliphatic imine (C=N–C) groups is 1. The zero-order valence-corrected chi connectivity index (χ0v) is 13.3. The van der Waals surface area contributed by atoms with Gasteiger partial charge in [-0.05, 0) is 24.1 Å². The molecule has 0 spiro atoms. The van der Waals surface area contributed by atoms with Crippen LogP contribution >= 0.6 is 11.6 Å². The number of ether oxygens (including phenoxy) is 1. The van der Waals surface area contributed by atoms with E-state index >= 15 is 0 Å². The molecule has 0 saturated heterocycles. The Morgan fingerprint density at radius 1 is 1.57 bits per heavy atom. The largest absolute Gasteiger partial charge is 0.506 e. The van der Waals surface area contributed by atoms with Crippen LogP contribution in [0.15, 0.2) is 35.8 Å². The van der Waals surface area contributed by atoms with Gasteiger partial charge in [0, 0.05) is 5.71 Å². The number of hydrogen-bond acceptors (Lipinski definition) is 4. The number of amides is 2. The molecule has 1 aliphatic heterocycles. The van der Waals surface area contributed by atoms with E-state index in [1.54, 1.807) is 6.07 Å². The van der Waals surface area contributed by atoms with Crippen LogP contribution in [0.25, 0.3) is 0 Å². The number of urea groups is 1. The standard InChI is InChI=1S/C16H17ClN2O4/c1-3-7-23-15(21)13-11(4-2)18-16(22)19-14(13)9-5-6-12(20)10(17)8-9/h3,5-6,8,13-14,20H,1,4,7H2,2H3,(H,19,22). The summed E-state index contributed by atoms with van der Waals surface area (Å²) in [6, 6.07) is 3.33. The van der Waals surface area contributed by atoms with Crippen molar-refractivity contribution in [2.75, 3.05) is 6.61 Å². The van der Waals surface area contributed by atoms with Gasteiger partial charge in [-0.1, -0.05) is 37.2 Å². The number of rotatable bonds is 5. The first-order valence-corrected chi connectivity index (χ1v) is 7.49. The maximum Gasteiger partial charge on any atom is 0.341 e. The Hall–Kier alpha value is -2.34. The second kappa shape index (κ2) is 7.28. The van der Waals surface area contributed by atoms with Gasteiger partial charge in [-0.2, -0.15) is 0 Å². The van der Waals surface area contributed by atoms with E-state index in [4.69, 9.17) is 16.3 Å². The molecule has 23 heavy (non-hydrogen) atoms. The normalized spacial score (nSPS) is 20.4. The highest BCUT2D eigenvalue weighted by Crippen LogP contribution is 2.33. The van der Waals surface area contributed by atoms with E-state index in [2.05, 4.69) is 16.9 Å². The summed E-state index contributed by atoms with van der Waals surface area (Å²) >= 11 is 5.93. The van der Waals surface area contributed by atoms with Crippen LogP contribution in [-0.2, 0) is 9.53 Å². The van der Waals surface area contributed by atoms with Gasteiger partial charge >= 0.3 is 12.0 Å². The maximum absolute atomic E-state index is 12.4. The summed E-state index contributed by atoms with van der Waals surface area (Å²) in [5.74, 6) is -1.33. The minimum Gasteiger partial charge on any atom is -0.506 e. The summed E-state index contributed by atoms with van der Waals surface area (Å²) < 4.78 is 5.13. The first kappa shape index (κ1) is 17.0. The molecule has 2 unspecified atom stereocenters. The van der Waals surface area contributed by atoms with Crippen molar-refractivity contribution in [2.24, 2.45) is 10.9 Å². The molecule has 2 atom stereocenters. The lowest BCUT2D eigenvalue weighted by Gasteiger charge is -2.30. The van der Waals surface area contributed by atoms with Crippen LogP contribution < -0.4 is 5.32 Å². The van der Waals surface area contributed by atoms with Gasteiger partial charge in [0.05, 0.1) is 11.1 Å². The lowest BCUT2D eigenvalue weighted by molar-refractivity contribution is -0.145. The SMILES string of the molecule is C=CCOC(=O)C1C(CC)=NC(=O)NC1c1ccc(O)c(Cl)c1. The highest BCUT2D eigenvalue weighted by molar-refractivity contribution is 6.32. The van der Waals surface area contributed by atoms with Gasteiger partial charge in [-0.15, -0.1) is 0 Å². The molecule has 0 saturated carbocycles. The molecule has 2 rings (SSSR count). The molecule has 1 heterocycles. The van der Waals surface area contributed by atoms with Crippen LogP contribution in [0.3, 0.4) is 0 Å². The van der Waals surface area contributed by atoms with Crippen LogP contribution in [0.4, 0.5) is 4.79 Å². The Morgan fingerprint density at radius 3 is 2.91 bits per heavy atom. The van der Waals surface area contributed by atoms with E-state index in [1.165, 1.54) is 18.2 Å². The summed E-state index contributed by atoms with van der Waals surface area (Å²) in [4.78, 5) is 28.1. The van der Waals surface area contributed by atoms with E-state index in [1.807, 2.05) is 6.92 Å². The molecule has 0 aromatic heterocycles. The van der Waals surface area contributed by atoms with E-state index in [0.717, 1.165) is 0 Å². The quantitative estimate of drug-likeness (QED) is 0.639. The molecule has 6 nitrogen and oxygen atoms in total. The van der Waals surface area contributed by atoms with Crippen LogP contribution in [0.2, 0.25) is 5.02 Å². The fourth-order valence-electron chi connectivity index (χ4n) is 2.44. The minimum absolute atomic E-state index is 0.0727. The summed E-state index contributed by atoms with van der Waals surface area (Å²) in [5, 5.41) is 12.3. The van der Waals surface area contributed by atoms with E-state index in [9.17, 15) is 14.7 Å². The zero-order valence-electron chi connectivity index (χ0n) is 12.6. The molecule has 0 radical (unpaired) electrons. The topological polar surface area (TPSA) is 88.0 Å². The predicted molar refractivity (Wildman–Crippen MR) is 86.8 cm³/mol. The lowest BCUT2D eigenvalue weighted by atomic mass is 9.86. The number of nitrogens with zero attached hydrogens (tertiary/aromatic N) is 1. The molecular formula is C16H17ClN2O4. The number of phenolic OH excluding ortho intramolecular Hbond substituents is 1. The van der Waals surface area contributed by atoms with Crippen molar-refractivity contribution >= 4 is 29.3 Å². The molecule has 2 amide bonds. The van der Waals surface area contributed by atoms with Crippen LogP contribution in [0, 0.1) is 5.92 Å². The van der Waals surface area contributed by atoms with Crippen LogP contribution in [-0.4, -0.2) is 29.4 Å². The summed E-state index contributed by atoms with van der Waals surface area (Å²) in [5.41, 5.74) is 1.03. The Balaban J connectivity index is 2.42. The third-order valence-electron chi connectivity index (χ3n) is 3.51. The van der Waals surface area contributed by atoms with Crippen LogP contribution in [0.5, 0.6) is 5.75 Å². The van der Waals surface area contributed by atoms with Crippen molar-refractivity contribution in [3.05, 3.63) is 41.4 Å². The van der Waals surface area contributed by atoms with Crippen molar-refractivity contribution in [1.82, 2.24) is 5.32 Å². The Morgan fingerprint density at radius 2 is 2.30 bits per heavy atom. The third-order valence-corrected chi connectivity index (χ3v) is 3.81. The number of esters is 1. The number of carbonyl (C=O) groups is 2. The van der Waals surface area contributed by atoms with Crippen LogP contribution in [0.1, 0.15) is 24.9 Å². The monoisotopic (exact) mass is 336 g/mol. The van der Waals surface area contributed by atoms with Crippen molar-refractivity contribution in [2.45, 2.75) is 19.4 Å². The summed E-state index contributed by atoms with van der Waals surface area (Å²) in [7, 11) is 0. The maximum atomic E-state index is 12.4. The molecule has 1 aromatic rings. The van der Waals surface area contributed by atoms with Gasteiger partial charge in [-0.3, -0.25) is 4.79 Å². The van der Waals surface area contributed by atoms with Gasteiger partial charge < -0.3 is 15.2 Å². The average molecular weight is 337 g/mol. The number of carbonyl (C=O) groups excluding carboxylic acids is 2. The van der Waals surface area contributed by atoms with Gasteiger partial charge in [-0.25, -0.2) is 9.79 Å². The fourth-order valence-corrected chi connectivity index (χ4v) is 2.62. The predicted octanol–water partition coefficient (Wildman–Crippen LogP) is 3.01. The van der Waals surface area contributed by atoms with Crippen molar-refractivity contribution < 1.29 is 19.4 Å². The molecule has 0 fully saturated rings. The van der Waals surface area contributed by atoms with Gasteiger partial charge in [0.25, 0.3) is 0 Å². The van der Waals surface area contributed by atoms with E-state index < -0.39 is 24.0 Å². The molecule has 0 aliphatic carbocycles. The highest BCUT2D eigenvalue weighted by atomic mass is 35.5. The number of aromatic hydroxyl groups is 1. The average Bonchev–Trinajstić information content (AvgIpc) is 2.54. The van der Waals surface area contributed by atoms with Crippen molar-refractivity contribution in [1.29, 1.82) is 0 Å². The minimum atomic E-state index is -0.752. The number of benzene rings is 1. The van der Waals surface area contributed by atoms with Crippen molar-refractivity contribution in [3.8, 4) is 5.75 Å². The number of halogens is 1. The molecule has 2 N–H and O–H groups in total.